The maximum absolute atomic E-state index is 12.5. The average molecular weight is 416 g/mol. The molecule has 0 bridgehead atoms. The second-order valence-electron chi connectivity index (χ2n) is 6.39. The lowest BCUT2D eigenvalue weighted by Crippen LogP contribution is -2.13. The number of ether oxygens (including phenoxy) is 1. The first-order chi connectivity index (χ1) is 13.3. The maximum Gasteiger partial charge on any atom is 0.255 e. The number of amides is 1. The molecule has 0 spiro atoms. The maximum atomic E-state index is 12.5. The van der Waals surface area contributed by atoms with Gasteiger partial charge >= 0.3 is 0 Å². The molecule has 0 radical (unpaired) electrons. The van der Waals surface area contributed by atoms with Crippen molar-refractivity contribution in [3.63, 3.8) is 0 Å². The predicted octanol–water partition coefficient (Wildman–Crippen LogP) is 5.67. The summed E-state index contributed by atoms with van der Waals surface area (Å²) in [5, 5.41) is 3.84. The van der Waals surface area contributed by atoms with E-state index in [1.54, 1.807) is 30.3 Å². The van der Waals surface area contributed by atoms with Gasteiger partial charge in [-0.25, -0.2) is 4.98 Å². The molecule has 0 aliphatic carbocycles. The Labute approximate surface area is 173 Å². The number of nitrogens with zero attached hydrogens (tertiary/aromatic N) is 1. The van der Waals surface area contributed by atoms with Gasteiger partial charge in [-0.15, -0.1) is 0 Å². The molecule has 28 heavy (non-hydrogen) atoms. The second-order valence-corrected chi connectivity index (χ2v) is 7.27. The van der Waals surface area contributed by atoms with Gasteiger partial charge in [0.25, 0.3) is 5.91 Å². The number of nitrogen functional groups attached to an aromatic ring is 1. The Hall–Kier alpha value is -2.76. The SMILES string of the molecule is Cc1cc(Cl)cc(C(=O)Nc2cccc(C(C)Oc3cc(Cl)cnc3N)c2)c1. The fourth-order valence-corrected chi connectivity index (χ4v) is 3.16. The number of benzene rings is 2. The van der Waals surface area contributed by atoms with Gasteiger partial charge in [-0.3, -0.25) is 4.79 Å². The molecule has 3 N–H and O–H groups in total. The summed E-state index contributed by atoms with van der Waals surface area (Å²) in [6.07, 6.45) is 1.13. The van der Waals surface area contributed by atoms with E-state index in [9.17, 15) is 4.79 Å². The molecular weight excluding hydrogens is 397 g/mol. The smallest absolute Gasteiger partial charge is 0.255 e. The fraction of sp³-hybridized carbons (Fsp3) is 0.143. The van der Waals surface area contributed by atoms with Crippen molar-refractivity contribution < 1.29 is 9.53 Å². The Kier molecular flexibility index (Phi) is 6.07. The molecule has 0 aliphatic heterocycles. The normalized spacial score (nSPS) is 11.7. The lowest BCUT2D eigenvalue weighted by Gasteiger charge is -2.17. The molecule has 3 aromatic rings. The van der Waals surface area contributed by atoms with E-state index in [1.165, 1.54) is 6.20 Å². The van der Waals surface area contributed by atoms with Crippen LogP contribution < -0.4 is 15.8 Å². The first-order valence-corrected chi connectivity index (χ1v) is 9.33. The third-order valence-electron chi connectivity index (χ3n) is 4.07. The van der Waals surface area contributed by atoms with Crippen molar-refractivity contribution in [3.05, 3.63) is 81.5 Å². The molecule has 3 rings (SSSR count). The van der Waals surface area contributed by atoms with Crippen LogP contribution in [0.1, 0.15) is 34.5 Å². The minimum absolute atomic E-state index is 0.236. The van der Waals surface area contributed by atoms with Crippen molar-refractivity contribution in [3.8, 4) is 5.75 Å². The topological polar surface area (TPSA) is 77.2 Å². The lowest BCUT2D eigenvalue weighted by atomic mass is 10.1. The van der Waals surface area contributed by atoms with Crippen LogP contribution in [-0.4, -0.2) is 10.9 Å². The zero-order valence-corrected chi connectivity index (χ0v) is 16.9. The summed E-state index contributed by atoms with van der Waals surface area (Å²) in [5.41, 5.74) is 8.76. The van der Waals surface area contributed by atoms with Gasteiger partial charge in [0.1, 0.15) is 6.10 Å². The van der Waals surface area contributed by atoms with Crippen LogP contribution in [0.4, 0.5) is 11.5 Å². The van der Waals surface area contributed by atoms with E-state index in [1.807, 2.05) is 32.0 Å². The number of aromatic nitrogens is 1. The fourth-order valence-electron chi connectivity index (χ4n) is 2.72. The van der Waals surface area contributed by atoms with Gasteiger partial charge in [-0.2, -0.15) is 0 Å². The quantitative estimate of drug-likeness (QED) is 0.562. The molecule has 0 fully saturated rings. The van der Waals surface area contributed by atoms with Crippen molar-refractivity contribution >= 4 is 40.6 Å². The number of rotatable bonds is 5. The molecule has 2 aromatic carbocycles. The molecule has 5 nitrogen and oxygen atoms in total. The largest absolute Gasteiger partial charge is 0.482 e. The van der Waals surface area contributed by atoms with E-state index >= 15 is 0 Å². The van der Waals surface area contributed by atoms with E-state index in [2.05, 4.69) is 10.3 Å². The molecule has 1 aromatic heterocycles. The summed E-state index contributed by atoms with van der Waals surface area (Å²) < 4.78 is 5.89. The minimum atomic E-state index is -0.326. The van der Waals surface area contributed by atoms with Crippen LogP contribution in [0.5, 0.6) is 5.75 Å². The van der Waals surface area contributed by atoms with Crippen LogP contribution in [0.3, 0.4) is 0 Å². The number of anilines is 2. The molecule has 0 aliphatic rings. The highest BCUT2D eigenvalue weighted by atomic mass is 35.5. The molecule has 1 amide bonds. The number of pyridine rings is 1. The van der Waals surface area contributed by atoms with Gasteiger partial charge in [0.15, 0.2) is 11.6 Å². The van der Waals surface area contributed by atoms with Crippen molar-refractivity contribution in [2.45, 2.75) is 20.0 Å². The summed E-state index contributed by atoms with van der Waals surface area (Å²) in [7, 11) is 0. The van der Waals surface area contributed by atoms with Crippen LogP contribution in [0.25, 0.3) is 0 Å². The van der Waals surface area contributed by atoms with Crippen molar-refractivity contribution in [2.24, 2.45) is 0 Å². The molecule has 1 atom stereocenters. The van der Waals surface area contributed by atoms with Crippen molar-refractivity contribution in [1.82, 2.24) is 4.98 Å². The molecule has 0 saturated carbocycles. The van der Waals surface area contributed by atoms with Crippen LogP contribution in [-0.2, 0) is 0 Å². The van der Waals surface area contributed by atoms with E-state index in [0.29, 0.717) is 27.0 Å². The third kappa shape index (κ3) is 4.94. The Balaban J connectivity index is 1.76. The Morgan fingerprint density at radius 3 is 2.68 bits per heavy atom. The number of halogens is 2. The van der Waals surface area contributed by atoms with Crippen LogP contribution in [0.15, 0.2) is 54.7 Å². The van der Waals surface area contributed by atoms with Crippen LogP contribution >= 0.6 is 23.2 Å². The molecule has 7 heteroatoms. The lowest BCUT2D eigenvalue weighted by molar-refractivity contribution is 0.102. The highest BCUT2D eigenvalue weighted by Crippen LogP contribution is 2.29. The van der Waals surface area contributed by atoms with E-state index < -0.39 is 0 Å². The minimum Gasteiger partial charge on any atom is -0.482 e. The van der Waals surface area contributed by atoms with Gasteiger partial charge in [0.2, 0.25) is 0 Å². The highest BCUT2D eigenvalue weighted by Gasteiger charge is 2.13. The van der Waals surface area contributed by atoms with Crippen LogP contribution in [0, 0.1) is 6.92 Å². The summed E-state index contributed by atoms with van der Waals surface area (Å²) in [5.74, 6) is 0.431. The van der Waals surface area contributed by atoms with Gasteiger partial charge in [-0.05, 0) is 55.3 Å². The molecule has 1 heterocycles. The van der Waals surface area contributed by atoms with Crippen molar-refractivity contribution in [2.75, 3.05) is 11.1 Å². The van der Waals surface area contributed by atoms with E-state index in [-0.39, 0.29) is 17.8 Å². The number of carbonyl (C=O) groups excluding carboxylic acids is 1. The standard InChI is InChI=1S/C21H19Cl2N3O2/c1-12-6-15(8-16(22)7-12)21(27)26-18-5-3-4-14(9-18)13(2)28-19-10-17(23)11-25-20(19)24/h3-11,13H,1-2H3,(H2,24,25)(H,26,27). The zero-order valence-electron chi connectivity index (χ0n) is 15.4. The Bertz CT molecular complexity index is 1000. The molecular formula is C21H19Cl2N3O2. The third-order valence-corrected chi connectivity index (χ3v) is 4.50. The van der Waals surface area contributed by atoms with Gasteiger partial charge in [-0.1, -0.05) is 35.3 Å². The number of hydrogen-bond donors (Lipinski definition) is 2. The molecule has 144 valence electrons. The Morgan fingerprint density at radius 2 is 1.93 bits per heavy atom. The van der Waals surface area contributed by atoms with Crippen molar-refractivity contribution in [1.29, 1.82) is 0 Å². The van der Waals surface area contributed by atoms with Gasteiger partial charge < -0.3 is 15.8 Å². The molecule has 1 unspecified atom stereocenters. The first kappa shape index (κ1) is 20.0. The number of nitrogens with two attached hydrogens (primary N) is 1. The first-order valence-electron chi connectivity index (χ1n) is 8.58. The number of aryl methyl sites for hydroxylation is 1. The van der Waals surface area contributed by atoms with E-state index in [4.69, 9.17) is 33.7 Å². The number of hydrogen-bond acceptors (Lipinski definition) is 4. The predicted molar refractivity (Wildman–Crippen MR) is 113 cm³/mol. The van der Waals surface area contributed by atoms with E-state index in [0.717, 1.165) is 11.1 Å². The monoisotopic (exact) mass is 415 g/mol. The highest BCUT2D eigenvalue weighted by molar-refractivity contribution is 6.31. The summed E-state index contributed by atoms with van der Waals surface area (Å²) in [4.78, 5) is 16.5. The summed E-state index contributed by atoms with van der Waals surface area (Å²) in [6, 6.07) is 14.2. The zero-order chi connectivity index (χ0) is 20.3. The van der Waals surface area contributed by atoms with Gasteiger partial charge in [0.05, 0.1) is 5.02 Å². The van der Waals surface area contributed by atoms with Gasteiger partial charge in [0, 0.05) is 28.5 Å². The van der Waals surface area contributed by atoms with Crippen LogP contribution in [0.2, 0.25) is 10.0 Å². The Morgan fingerprint density at radius 1 is 1.14 bits per heavy atom. The summed E-state index contributed by atoms with van der Waals surface area (Å²) in [6.45, 7) is 3.76. The number of nitrogens with one attached hydrogen (secondary N) is 1. The molecule has 0 saturated heterocycles. The summed E-state index contributed by atoms with van der Waals surface area (Å²) >= 11 is 12.0. The number of carbonyl (C=O) groups is 1. The second kappa shape index (κ2) is 8.50. The average Bonchev–Trinajstić information content (AvgIpc) is 2.64.